The maximum absolute atomic E-state index is 12.3. The van der Waals surface area contributed by atoms with Gasteiger partial charge in [0.2, 0.25) is 11.8 Å². The van der Waals surface area contributed by atoms with Crippen LogP contribution in [0.1, 0.15) is 25.3 Å². The molecule has 0 aromatic heterocycles. The summed E-state index contributed by atoms with van der Waals surface area (Å²) in [4.78, 5) is 27.3. The van der Waals surface area contributed by atoms with Gasteiger partial charge in [-0.25, -0.2) is 0 Å². The zero-order valence-electron chi connectivity index (χ0n) is 12.5. The molecule has 1 aromatic rings. The van der Waals surface area contributed by atoms with Gasteiger partial charge in [-0.2, -0.15) is 0 Å². The fourth-order valence-electron chi connectivity index (χ4n) is 2.64. The Hall–Kier alpha value is -2.04. The molecule has 1 heterocycles. The van der Waals surface area contributed by atoms with E-state index in [1.165, 1.54) is 0 Å². The molecule has 0 aliphatic carbocycles. The number of amides is 2. The van der Waals surface area contributed by atoms with Gasteiger partial charge in [0.05, 0.1) is 0 Å². The second-order valence-corrected chi connectivity index (χ2v) is 5.44. The van der Waals surface area contributed by atoms with Crippen molar-refractivity contribution in [1.82, 2.24) is 9.80 Å². The molecule has 0 unspecified atom stereocenters. The van der Waals surface area contributed by atoms with Crippen LogP contribution >= 0.6 is 0 Å². The summed E-state index contributed by atoms with van der Waals surface area (Å²) in [7, 11) is 0. The van der Waals surface area contributed by atoms with E-state index in [0.29, 0.717) is 25.9 Å². The van der Waals surface area contributed by atoms with Crippen molar-refractivity contribution < 1.29 is 9.59 Å². The first-order valence-electron chi connectivity index (χ1n) is 7.44. The van der Waals surface area contributed by atoms with Crippen LogP contribution in [-0.2, 0) is 16.0 Å². The third-order valence-corrected chi connectivity index (χ3v) is 3.96. The lowest BCUT2D eigenvalue weighted by Gasteiger charge is -2.21. The lowest BCUT2D eigenvalue weighted by atomic mass is 10.1. The first kappa shape index (κ1) is 15.4. The quantitative estimate of drug-likeness (QED) is 0.852. The molecule has 1 saturated heterocycles. The number of hydrogen-bond donors (Lipinski definition) is 1. The molecule has 0 atom stereocenters. The smallest absolute Gasteiger partial charge is 0.222 e. The molecule has 1 aromatic carbocycles. The lowest BCUT2D eigenvalue weighted by molar-refractivity contribution is -0.132. The van der Waals surface area contributed by atoms with Gasteiger partial charge in [0.1, 0.15) is 0 Å². The molecule has 2 amide bonds. The number of carbonyl (C=O) groups is 2. The molecule has 114 valence electrons. The molecule has 1 fully saturated rings. The van der Waals surface area contributed by atoms with Gasteiger partial charge < -0.3 is 15.5 Å². The highest BCUT2D eigenvalue weighted by molar-refractivity contribution is 5.77. The molecule has 0 saturated carbocycles. The Morgan fingerprint density at radius 1 is 1.10 bits per heavy atom. The van der Waals surface area contributed by atoms with Gasteiger partial charge in [0.25, 0.3) is 0 Å². The number of rotatable bonds is 3. The summed E-state index contributed by atoms with van der Waals surface area (Å²) in [6, 6.07) is 7.65. The molecule has 1 aliphatic rings. The predicted molar refractivity (Wildman–Crippen MR) is 82.6 cm³/mol. The zero-order chi connectivity index (χ0) is 15.2. The van der Waals surface area contributed by atoms with Crippen LogP contribution in [0, 0.1) is 0 Å². The SMILES string of the molecule is CC(=O)N1CCCN(C(=O)CCc2ccccc2N)CC1. The number of aryl methyl sites for hydroxylation is 1. The molecular formula is C16H23N3O2. The van der Waals surface area contributed by atoms with Gasteiger partial charge in [-0.1, -0.05) is 18.2 Å². The molecule has 0 bridgehead atoms. The standard InChI is InChI=1S/C16H23N3O2/c1-13(20)18-9-4-10-19(12-11-18)16(21)8-7-14-5-2-3-6-15(14)17/h2-3,5-6H,4,7-12,17H2,1H3. The van der Waals surface area contributed by atoms with Crippen molar-refractivity contribution in [3.63, 3.8) is 0 Å². The Bertz CT molecular complexity index is 516. The van der Waals surface area contributed by atoms with E-state index in [1.54, 1.807) is 6.92 Å². The van der Waals surface area contributed by atoms with Gasteiger partial charge in [-0.05, 0) is 24.5 Å². The summed E-state index contributed by atoms with van der Waals surface area (Å²) in [6.45, 7) is 4.31. The van der Waals surface area contributed by atoms with Crippen LogP contribution in [0.25, 0.3) is 0 Å². The van der Waals surface area contributed by atoms with Gasteiger partial charge in [-0.15, -0.1) is 0 Å². The maximum Gasteiger partial charge on any atom is 0.222 e. The number of anilines is 1. The van der Waals surface area contributed by atoms with Crippen LogP contribution in [0.5, 0.6) is 0 Å². The topological polar surface area (TPSA) is 66.6 Å². The Kier molecular flexibility index (Phi) is 5.20. The summed E-state index contributed by atoms with van der Waals surface area (Å²) in [5.74, 6) is 0.227. The Balaban J connectivity index is 1.86. The highest BCUT2D eigenvalue weighted by Gasteiger charge is 2.20. The molecule has 5 nitrogen and oxygen atoms in total. The molecule has 21 heavy (non-hydrogen) atoms. The van der Waals surface area contributed by atoms with Crippen molar-refractivity contribution in [2.45, 2.75) is 26.2 Å². The van der Waals surface area contributed by atoms with Crippen molar-refractivity contribution >= 4 is 17.5 Å². The van der Waals surface area contributed by atoms with Crippen LogP contribution in [0.2, 0.25) is 0 Å². The van der Waals surface area contributed by atoms with Gasteiger partial charge in [0.15, 0.2) is 0 Å². The average molecular weight is 289 g/mol. The van der Waals surface area contributed by atoms with E-state index in [1.807, 2.05) is 34.1 Å². The molecular weight excluding hydrogens is 266 g/mol. The number of nitrogens with zero attached hydrogens (tertiary/aromatic N) is 2. The first-order chi connectivity index (χ1) is 10.1. The monoisotopic (exact) mass is 289 g/mol. The number of hydrogen-bond acceptors (Lipinski definition) is 3. The predicted octanol–water partition coefficient (Wildman–Crippen LogP) is 1.28. The van der Waals surface area contributed by atoms with Crippen LogP contribution in [-0.4, -0.2) is 47.8 Å². The Labute approximate surface area is 125 Å². The minimum Gasteiger partial charge on any atom is -0.399 e. The Morgan fingerprint density at radius 3 is 2.48 bits per heavy atom. The van der Waals surface area contributed by atoms with Crippen molar-refractivity contribution in [1.29, 1.82) is 0 Å². The minimum absolute atomic E-state index is 0.0846. The fourth-order valence-corrected chi connectivity index (χ4v) is 2.64. The van der Waals surface area contributed by atoms with Gasteiger partial charge in [-0.3, -0.25) is 9.59 Å². The van der Waals surface area contributed by atoms with Crippen molar-refractivity contribution in [2.75, 3.05) is 31.9 Å². The maximum atomic E-state index is 12.3. The van der Waals surface area contributed by atoms with E-state index in [0.717, 1.165) is 30.8 Å². The highest BCUT2D eigenvalue weighted by Crippen LogP contribution is 2.14. The Morgan fingerprint density at radius 2 is 1.76 bits per heavy atom. The first-order valence-corrected chi connectivity index (χ1v) is 7.44. The molecule has 0 radical (unpaired) electrons. The van der Waals surface area contributed by atoms with Crippen LogP contribution in [0.15, 0.2) is 24.3 Å². The summed E-state index contributed by atoms with van der Waals surface area (Å²) in [5.41, 5.74) is 7.65. The third-order valence-electron chi connectivity index (χ3n) is 3.96. The van der Waals surface area contributed by atoms with Gasteiger partial charge in [0, 0.05) is 45.2 Å². The van der Waals surface area contributed by atoms with Crippen LogP contribution < -0.4 is 5.73 Å². The average Bonchev–Trinajstić information content (AvgIpc) is 2.72. The number of para-hydroxylation sites is 1. The lowest BCUT2D eigenvalue weighted by Crippen LogP contribution is -2.36. The van der Waals surface area contributed by atoms with E-state index in [9.17, 15) is 9.59 Å². The molecule has 5 heteroatoms. The second kappa shape index (κ2) is 7.11. The highest BCUT2D eigenvalue weighted by atomic mass is 16.2. The van der Waals surface area contributed by atoms with Gasteiger partial charge >= 0.3 is 0 Å². The second-order valence-electron chi connectivity index (χ2n) is 5.44. The van der Waals surface area contributed by atoms with Crippen molar-refractivity contribution in [2.24, 2.45) is 0 Å². The normalized spacial score (nSPS) is 15.7. The van der Waals surface area contributed by atoms with E-state index in [-0.39, 0.29) is 11.8 Å². The van der Waals surface area contributed by atoms with E-state index >= 15 is 0 Å². The summed E-state index contributed by atoms with van der Waals surface area (Å²) in [5, 5.41) is 0. The van der Waals surface area contributed by atoms with Crippen LogP contribution in [0.3, 0.4) is 0 Å². The summed E-state index contributed by atoms with van der Waals surface area (Å²) < 4.78 is 0. The van der Waals surface area contributed by atoms with E-state index in [2.05, 4.69) is 0 Å². The molecule has 0 spiro atoms. The molecule has 1 aliphatic heterocycles. The third kappa shape index (κ3) is 4.21. The van der Waals surface area contributed by atoms with Crippen molar-refractivity contribution in [3.8, 4) is 0 Å². The fraction of sp³-hybridized carbons (Fsp3) is 0.500. The molecule has 2 N–H and O–H groups in total. The summed E-state index contributed by atoms with van der Waals surface area (Å²) in [6.07, 6.45) is 1.98. The van der Waals surface area contributed by atoms with Crippen LogP contribution in [0.4, 0.5) is 5.69 Å². The number of benzene rings is 1. The van der Waals surface area contributed by atoms with E-state index in [4.69, 9.17) is 5.73 Å². The molecule has 2 rings (SSSR count). The summed E-state index contributed by atoms with van der Waals surface area (Å²) >= 11 is 0. The van der Waals surface area contributed by atoms with Crippen molar-refractivity contribution in [3.05, 3.63) is 29.8 Å². The minimum atomic E-state index is 0.0846. The van der Waals surface area contributed by atoms with E-state index < -0.39 is 0 Å². The number of nitrogen functional groups attached to an aromatic ring is 1. The zero-order valence-corrected chi connectivity index (χ0v) is 12.5. The largest absolute Gasteiger partial charge is 0.399 e. The number of carbonyl (C=O) groups excluding carboxylic acids is 2. The number of nitrogens with two attached hydrogens (primary N) is 1.